The Morgan fingerprint density at radius 2 is 1.71 bits per heavy atom. The van der Waals surface area contributed by atoms with Gasteiger partial charge in [0.1, 0.15) is 11.4 Å². The maximum absolute atomic E-state index is 13.7. The van der Waals surface area contributed by atoms with Crippen LogP contribution in [0.4, 0.5) is 22.4 Å². The molecule has 2 heterocycles. The second-order valence-corrected chi connectivity index (χ2v) is 9.85. The van der Waals surface area contributed by atoms with E-state index in [9.17, 15) is 22.4 Å². The lowest BCUT2D eigenvalue weighted by Gasteiger charge is -2.38. The van der Waals surface area contributed by atoms with Crippen LogP contribution in [-0.2, 0) is 10.9 Å². The van der Waals surface area contributed by atoms with Crippen molar-refractivity contribution in [1.82, 2.24) is 15.1 Å². The van der Waals surface area contributed by atoms with E-state index in [1.165, 1.54) is 24.3 Å². The van der Waals surface area contributed by atoms with E-state index in [0.29, 0.717) is 36.3 Å². The van der Waals surface area contributed by atoms with Crippen molar-refractivity contribution in [2.45, 2.75) is 50.8 Å². The number of aromatic amines is 1. The van der Waals surface area contributed by atoms with Crippen LogP contribution in [0.25, 0.3) is 11.3 Å². The quantitative estimate of drug-likeness (QED) is 0.415. The summed E-state index contributed by atoms with van der Waals surface area (Å²) in [5.41, 5.74) is 1.25. The first-order chi connectivity index (χ1) is 16.4. The summed E-state index contributed by atoms with van der Waals surface area (Å²) in [4.78, 5) is 14.5. The summed E-state index contributed by atoms with van der Waals surface area (Å²) in [6.45, 7) is 6.01. The highest BCUT2D eigenvalue weighted by Gasteiger charge is 2.36. The zero-order valence-electron chi connectivity index (χ0n) is 19.7. The van der Waals surface area contributed by atoms with E-state index < -0.39 is 23.4 Å². The van der Waals surface area contributed by atoms with Crippen molar-refractivity contribution in [2.75, 3.05) is 13.1 Å². The first kappa shape index (κ1) is 24.8. The van der Waals surface area contributed by atoms with Gasteiger partial charge in [0, 0.05) is 36.2 Å². The van der Waals surface area contributed by atoms with Gasteiger partial charge in [-0.3, -0.25) is 5.10 Å². The lowest BCUT2D eigenvalue weighted by atomic mass is 9.83. The van der Waals surface area contributed by atoms with Gasteiger partial charge in [0.2, 0.25) is 0 Å². The van der Waals surface area contributed by atoms with Gasteiger partial charge in [-0.15, -0.1) is 0 Å². The molecule has 0 spiro atoms. The monoisotopic (exact) mass is 489 g/mol. The van der Waals surface area contributed by atoms with Gasteiger partial charge in [0.15, 0.2) is 0 Å². The summed E-state index contributed by atoms with van der Waals surface area (Å²) in [6, 6.07) is 13.0. The molecule has 35 heavy (non-hydrogen) atoms. The summed E-state index contributed by atoms with van der Waals surface area (Å²) in [6.07, 6.45) is -4.31. The van der Waals surface area contributed by atoms with Crippen LogP contribution in [0.2, 0.25) is 0 Å². The first-order valence-corrected chi connectivity index (χ1v) is 11.4. The van der Waals surface area contributed by atoms with Crippen LogP contribution < -0.4 is 0 Å². The number of alkyl halides is 3. The van der Waals surface area contributed by atoms with Crippen molar-refractivity contribution in [3.63, 3.8) is 0 Å². The molecule has 1 aliphatic rings. The molecule has 5 nitrogen and oxygen atoms in total. The number of amides is 1. The molecule has 2 aromatic carbocycles. The number of benzene rings is 2. The standard InChI is InChI=1S/C26H27F4N3O2/c1-25(2,3)35-24(34)33-14-18(16-7-9-20(10-8-16)26(28,29)30)11-19(15-33)23-13-22(31-32-23)17-5-4-6-21(27)12-17/h4-10,12-13,18-19H,11,14-15H2,1-3H3,(H,31,32). The Labute approximate surface area is 201 Å². The highest BCUT2D eigenvalue weighted by Crippen LogP contribution is 2.38. The van der Waals surface area contributed by atoms with E-state index in [1.807, 2.05) is 6.07 Å². The average Bonchev–Trinajstić information content (AvgIpc) is 3.28. The van der Waals surface area contributed by atoms with Crippen LogP contribution in [0.15, 0.2) is 54.6 Å². The van der Waals surface area contributed by atoms with E-state index in [-0.39, 0.29) is 17.7 Å². The van der Waals surface area contributed by atoms with Crippen molar-refractivity contribution >= 4 is 6.09 Å². The molecule has 186 valence electrons. The molecule has 0 bridgehead atoms. The number of H-pyrrole nitrogens is 1. The van der Waals surface area contributed by atoms with Crippen LogP contribution in [-0.4, -0.2) is 39.9 Å². The Bertz CT molecular complexity index is 1180. The average molecular weight is 490 g/mol. The summed E-state index contributed by atoms with van der Waals surface area (Å²) in [7, 11) is 0. The minimum absolute atomic E-state index is 0.168. The Morgan fingerprint density at radius 3 is 2.34 bits per heavy atom. The number of carbonyl (C=O) groups excluding carboxylic acids is 1. The maximum atomic E-state index is 13.7. The number of hydrogen-bond donors (Lipinski definition) is 1. The number of piperidine rings is 1. The van der Waals surface area contributed by atoms with Gasteiger partial charge in [-0.1, -0.05) is 24.3 Å². The molecule has 1 fully saturated rings. The number of halogens is 4. The zero-order chi connectivity index (χ0) is 25.4. The third-order valence-electron chi connectivity index (χ3n) is 5.97. The van der Waals surface area contributed by atoms with Crippen LogP contribution in [0.1, 0.15) is 55.8 Å². The molecule has 1 aliphatic heterocycles. The van der Waals surface area contributed by atoms with E-state index >= 15 is 0 Å². The fourth-order valence-electron chi connectivity index (χ4n) is 4.33. The largest absolute Gasteiger partial charge is 0.444 e. The molecule has 1 N–H and O–H groups in total. The molecule has 0 saturated carbocycles. The van der Waals surface area contributed by atoms with Gasteiger partial charge in [-0.25, -0.2) is 9.18 Å². The summed E-state index contributed by atoms with van der Waals surface area (Å²) >= 11 is 0. The number of nitrogens with one attached hydrogen (secondary N) is 1. The van der Waals surface area contributed by atoms with Crippen LogP contribution in [0, 0.1) is 5.82 Å². The summed E-state index contributed by atoms with van der Waals surface area (Å²) < 4.78 is 58.3. The highest BCUT2D eigenvalue weighted by atomic mass is 19.4. The Hall–Kier alpha value is -3.36. The number of carbonyl (C=O) groups is 1. The van der Waals surface area contributed by atoms with Gasteiger partial charge in [-0.2, -0.15) is 18.3 Å². The number of ether oxygens (including phenoxy) is 1. The van der Waals surface area contributed by atoms with Crippen molar-refractivity contribution < 1.29 is 27.1 Å². The number of aromatic nitrogens is 2. The molecule has 4 rings (SSSR count). The van der Waals surface area contributed by atoms with Crippen molar-refractivity contribution in [3.05, 3.63) is 77.2 Å². The molecule has 1 aromatic heterocycles. The summed E-state index contributed by atoms with van der Waals surface area (Å²) in [5.74, 6) is -0.744. The Balaban J connectivity index is 1.62. The number of rotatable bonds is 3. The maximum Gasteiger partial charge on any atom is 0.416 e. The normalized spacial score (nSPS) is 19.0. The van der Waals surface area contributed by atoms with E-state index in [4.69, 9.17) is 4.74 Å². The van der Waals surface area contributed by atoms with Crippen LogP contribution in [0.3, 0.4) is 0 Å². The predicted octanol–water partition coefficient (Wildman–Crippen LogP) is 6.74. The van der Waals surface area contributed by atoms with E-state index in [1.54, 1.807) is 37.8 Å². The van der Waals surface area contributed by atoms with Crippen LogP contribution in [0.5, 0.6) is 0 Å². The molecule has 3 aromatic rings. The fourth-order valence-corrected chi connectivity index (χ4v) is 4.33. The molecule has 1 amide bonds. The second-order valence-electron chi connectivity index (χ2n) is 9.85. The predicted molar refractivity (Wildman–Crippen MR) is 123 cm³/mol. The lowest BCUT2D eigenvalue weighted by Crippen LogP contribution is -2.45. The molecule has 9 heteroatoms. The number of likely N-dealkylation sites (tertiary alicyclic amines) is 1. The van der Waals surface area contributed by atoms with Gasteiger partial charge >= 0.3 is 12.3 Å². The molecule has 1 saturated heterocycles. The molecule has 2 unspecified atom stereocenters. The molecule has 0 aliphatic carbocycles. The van der Waals surface area contributed by atoms with Crippen molar-refractivity contribution in [2.24, 2.45) is 0 Å². The smallest absolute Gasteiger partial charge is 0.416 e. The van der Waals surface area contributed by atoms with Crippen molar-refractivity contribution in [1.29, 1.82) is 0 Å². The van der Waals surface area contributed by atoms with E-state index in [0.717, 1.165) is 17.8 Å². The Morgan fingerprint density at radius 1 is 1.03 bits per heavy atom. The molecule has 0 radical (unpaired) electrons. The second kappa shape index (κ2) is 9.36. The lowest BCUT2D eigenvalue weighted by molar-refractivity contribution is -0.137. The fraction of sp³-hybridized carbons (Fsp3) is 0.385. The number of hydrogen-bond acceptors (Lipinski definition) is 3. The van der Waals surface area contributed by atoms with Gasteiger partial charge in [0.25, 0.3) is 0 Å². The third kappa shape index (κ3) is 6.01. The topological polar surface area (TPSA) is 58.2 Å². The van der Waals surface area contributed by atoms with Gasteiger partial charge in [-0.05, 0) is 63.1 Å². The van der Waals surface area contributed by atoms with Gasteiger partial charge < -0.3 is 9.64 Å². The zero-order valence-corrected chi connectivity index (χ0v) is 19.7. The van der Waals surface area contributed by atoms with Gasteiger partial charge in [0.05, 0.1) is 11.3 Å². The minimum Gasteiger partial charge on any atom is -0.444 e. The van der Waals surface area contributed by atoms with Crippen molar-refractivity contribution in [3.8, 4) is 11.3 Å². The third-order valence-corrected chi connectivity index (χ3v) is 5.97. The molecular formula is C26H27F4N3O2. The first-order valence-electron chi connectivity index (χ1n) is 11.4. The van der Waals surface area contributed by atoms with Crippen LogP contribution >= 0.6 is 0 Å². The summed E-state index contributed by atoms with van der Waals surface area (Å²) in [5, 5.41) is 7.32. The SMILES string of the molecule is CC(C)(C)OC(=O)N1CC(c2ccc(C(F)(F)F)cc2)CC(c2cc(-c3cccc(F)c3)n[nH]2)C1. The number of nitrogens with zero attached hydrogens (tertiary/aromatic N) is 2. The molecular weight excluding hydrogens is 462 g/mol. The Kier molecular flexibility index (Phi) is 6.62. The highest BCUT2D eigenvalue weighted by molar-refractivity contribution is 5.68. The molecule has 2 atom stereocenters. The minimum atomic E-state index is -4.42. The van der Waals surface area contributed by atoms with E-state index in [2.05, 4.69) is 10.2 Å².